The van der Waals surface area contributed by atoms with Gasteiger partial charge in [-0.2, -0.15) is 5.10 Å². The molecule has 1 aromatic carbocycles. The lowest BCUT2D eigenvalue weighted by molar-refractivity contribution is 0.505. The zero-order valence-corrected chi connectivity index (χ0v) is 12.3. The Labute approximate surface area is 118 Å². The summed E-state index contributed by atoms with van der Waals surface area (Å²) in [7, 11) is 1.87. The molecule has 0 aliphatic heterocycles. The third-order valence-electron chi connectivity index (χ3n) is 2.87. The summed E-state index contributed by atoms with van der Waals surface area (Å²) in [6, 6.07) is 3.90. The van der Waals surface area contributed by atoms with Crippen LogP contribution in [0, 0.1) is 18.6 Å². The van der Waals surface area contributed by atoms with E-state index in [-0.39, 0.29) is 0 Å². The van der Waals surface area contributed by atoms with Gasteiger partial charge in [0.2, 0.25) is 0 Å². The molecule has 0 saturated carbocycles. The van der Waals surface area contributed by atoms with Gasteiger partial charge in [-0.1, -0.05) is 6.07 Å². The Bertz CT molecular complexity index is 596. The van der Waals surface area contributed by atoms with Gasteiger partial charge < -0.3 is 5.32 Å². The van der Waals surface area contributed by atoms with Crippen LogP contribution in [0.4, 0.5) is 8.78 Å². The predicted molar refractivity (Wildman–Crippen MR) is 72.5 cm³/mol. The first-order valence-electron chi connectivity index (χ1n) is 5.81. The number of rotatable bonds is 4. The highest BCUT2D eigenvalue weighted by Crippen LogP contribution is 2.20. The van der Waals surface area contributed by atoms with Crippen LogP contribution < -0.4 is 5.32 Å². The van der Waals surface area contributed by atoms with E-state index in [0.29, 0.717) is 18.7 Å². The molecule has 2 aromatic rings. The number of aromatic nitrogens is 2. The summed E-state index contributed by atoms with van der Waals surface area (Å²) in [5.74, 6) is -1.65. The molecule has 0 unspecified atom stereocenters. The first-order chi connectivity index (χ1) is 8.99. The fraction of sp³-hybridized carbons (Fsp3) is 0.308. The van der Waals surface area contributed by atoms with Crippen molar-refractivity contribution in [1.29, 1.82) is 0 Å². The molecule has 0 radical (unpaired) electrons. The number of hydrogen-bond donors (Lipinski definition) is 1. The van der Waals surface area contributed by atoms with Crippen LogP contribution in [0.2, 0.25) is 0 Å². The maximum atomic E-state index is 13.0. The number of nitrogens with zero attached hydrogens (tertiary/aromatic N) is 2. The number of halogens is 3. The highest BCUT2D eigenvalue weighted by atomic mass is 79.9. The number of hydrogen-bond acceptors (Lipinski definition) is 2. The zero-order chi connectivity index (χ0) is 14.0. The van der Waals surface area contributed by atoms with Crippen LogP contribution in [-0.2, 0) is 20.1 Å². The average Bonchev–Trinajstić information content (AvgIpc) is 2.60. The topological polar surface area (TPSA) is 29.9 Å². The molecule has 0 amide bonds. The van der Waals surface area contributed by atoms with E-state index in [9.17, 15) is 8.78 Å². The zero-order valence-electron chi connectivity index (χ0n) is 10.7. The summed E-state index contributed by atoms with van der Waals surface area (Å²) in [6.45, 7) is 2.98. The number of benzene rings is 1. The molecule has 1 N–H and O–H groups in total. The minimum atomic E-state index is -0.825. The maximum absolute atomic E-state index is 13.0. The smallest absolute Gasteiger partial charge is 0.159 e. The van der Waals surface area contributed by atoms with E-state index in [1.165, 1.54) is 6.07 Å². The first-order valence-corrected chi connectivity index (χ1v) is 6.61. The predicted octanol–water partition coefficient (Wildman–Crippen LogP) is 3.06. The van der Waals surface area contributed by atoms with Crippen molar-refractivity contribution in [3.05, 3.63) is 51.3 Å². The van der Waals surface area contributed by atoms with Crippen LogP contribution >= 0.6 is 15.9 Å². The van der Waals surface area contributed by atoms with Gasteiger partial charge in [0.25, 0.3) is 0 Å². The van der Waals surface area contributed by atoms with Gasteiger partial charge in [0.05, 0.1) is 15.9 Å². The van der Waals surface area contributed by atoms with Crippen molar-refractivity contribution in [3.8, 4) is 0 Å². The fourth-order valence-electron chi connectivity index (χ4n) is 1.85. The molecule has 2 rings (SSSR count). The average molecular weight is 330 g/mol. The van der Waals surface area contributed by atoms with Gasteiger partial charge in [-0.3, -0.25) is 4.68 Å². The lowest BCUT2D eigenvalue weighted by atomic mass is 10.2. The Hall–Kier alpha value is -1.27. The summed E-state index contributed by atoms with van der Waals surface area (Å²) in [5.41, 5.74) is 2.64. The molecule has 0 atom stereocenters. The second-order valence-electron chi connectivity index (χ2n) is 4.32. The van der Waals surface area contributed by atoms with Gasteiger partial charge in [0, 0.05) is 20.1 Å². The van der Waals surface area contributed by atoms with Crippen molar-refractivity contribution in [2.45, 2.75) is 20.0 Å². The van der Waals surface area contributed by atoms with Gasteiger partial charge in [0.1, 0.15) is 0 Å². The van der Waals surface area contributed by atoms with Crippen molar-refractivity contribution in [2.24, 2.45) is 7.05 Å². The molecule has 102 valence electrons. The van der Waals surface area contributed by atoms with Crippen LogP contribution in [0.5, 0.6) is 0 Å². The first kappa shape index (κ1) is 14.1. The van der Waals surface area contributed by atoms with Crippen LogP contribution in [0.1, 0.15) is 17.0 Å². The molecule has 0 aliphatic rings. The van der Waals surface area contributed by atoms with Gasteiger partial charge in [-0.15, -0.1) is 0 Å². The molecule has 1 aromatic heterocycles. The summed E-state index contributed by atoms with van der Waals surface area (Å²) in [5, 5.41) is 7.46. The Kier molecular flexibility index (Phi) is 4.31. The third-order valence-corrected chi connectivity index (χ3v) is 3.90. The van der Waals surface area contributed by atoms with Crippen LogP contribution in [0.25, 0.3) is 0 Å². The van der Waals surface area contributed by atoms with Crippen molar-refractivity contribution >= 4 is 15.9 Å². The molecule has 0 aliphatic carbocycles. The monoisotopic (exact) mass is 329 g/mol. The SMILES string of the molecule is Cc1nn(C)c(CNCc2ccc(F)c(F)c2)c1Br. The Balaban J connectivity index is 1.98. The fourth-order valence-corrected chi connectivity index (χ4v) is 2.32. The highest BCUT2D eigenvalue weighted by molar-refractivity contribution is 9.10. The molecule has 1 heterocycles. The van der Waals surface area contributed by atoms with Gasteiger partial charge >= 0.3 is 0 Å². The van der Waals surface area contributed by atoms with Gasteiger partial charge in [-0.25, -0.2) is 8.78 Å². The molecule has 6 heteroatoms. The second-order valence-corrected chi connectivity index (χ2v) is 5.11. The molecule has 3 nitrogen and oxygen atoms in total. The normalized spacial score (nSPS) is 11.0. The van der Waals surface area contributed by atoms with Gasteiger partial charge in [0.15, 0.2) is 11.6 Å². The highest BCUT2D eigenvalue weighted by Gasteiger charge is 2.10. The third kappa shape index (κ3) is 3.19. The molecule has 0 bridgehead atoms. The lowest BCUT2D eigenvalue weighted by Gasteiger charge is -2.06. The summed E-state index contributed by atoms with van der Waals surface area (Å²) in [4.78, 5) is 0. The Morgan fingerprint density at radius 2 is 2.00 bits per heavy atom. The molecule has 0 fully saturated rings. The largest absolute Gasteiger partial charge is 0.307 e. The van der Waals surface area contributed by atoms with E-state index >= 15 is 0 Å². The summed E-state index contributed by atoms with van der Waals surface area (Å²) >= 11 is 3.48. The summed E-state index contributed by atoms with van der Waals surface area (Å²) in [6.07, 6.45) is 0. The van der Waals surface area contributed by atoms with E-state index in [1.54, 1.807) is 10.7 Å². The van der Waals surface area contributed by atoms with Crippen molar-refractivity contribution < 1.29 is 8.78 Å². The van der Waals surface area contributed by atoms with E-state index in [4.69, 9.17) is 0 Å². The molecular weight excluding hydrogens is 316 g/mol. The summed E-state index contributed by atoms with van der Waals surface area (Å²) < 4.78 is 28.6. The van der Waals surface area contributed by atoms with Crippen molar-refractivity contribution in [1.82, 2.24) is 15.1 Å². The Morgan fingerprint density at radius 3 is 2.58 bits per heavy atom. The van der Waals surface area contributed by atoms with Crippen LogP contribution in [0.15, 0.2) is 22.7 Å². The number of nitrogens with one attached hydrogen (secondary N) is 1. The second kappa shape index (κ2) is 5.79. The minimum Gasteiger partial charge on any atom is -0.307 e. The Morgan fingerprint density at radius 1 is 1.26 bits per heavy atom. The van der Waals surface area contributed by atoms with E-state index < -0.39 is 11.6 Å². The molecule has 0 saturated heterocycles. The standard InChI is InChI=1S/C13H14BrF2N3/c1-8-13(14)12(19(2)18-8)7-17-6-9-3-4-10(15)11(16)5-9/h3-5,17H,6-7H2,1-2H3. The van der Waals surface area contributed by atoms with E-state index in [0.717, 1.165) is 21.9 Å². The number of aryl methyl sites for hydroxylation is 2. The van der Waals surface area contributed by atoms with Crippen LogP contribution in [0.3, 0.4) is 0 Å². The van der Waals surface area contributed by atoms with Crippen molar-refractivity contribution in [3.63, 3.8) is 0 Å². The van der Waals surface area contributed by atoms with Crippen LogP contribution in [-0.4, -0.2) is 9.78 Å². The quantitative estimate of drug-likeness (QED) is 0.934. The molecule has 19 heavy (non-hydrogen) atoms. The maximum Gasteiger partial charge on any atom is 0.159 e. The lowest BCUT2D eigenvalue weighted by Crippen LogP contribution is -2.15. The van der Waals surface area contributed by atoms with E-state index in [2.05, 4.69) is 26.3 Å². The van der Waals surface area contributed by atoms with E-state index in [1.807, 2.05) is 14.0 Å². The minimum absolute atomic E-state index is 0.466. The molecule has 0 spiro atoms. The van der Waals surface area contributed by atoms with Crippen molar-refractivity contribution in [2.75, 3.05) is 0 Å². The molecular formula is C13H14BrF2N3. The van der Waals surface area contributed by atoms with Gasteiger partial charge in [-0.05, 0) is 40.5 Å².